The van der Waals surface area contributed by atoms with E-state index in [0.29, 0.717) is 10.9 Å². The minimum absolute atomic E-state index is 0.0248. The lowest BCUT2D eigenvalue weighted by molar-refractivity contribution is -0.138. The Morgan fingerprint density at radius 3 is 2.52 bits per heavy atom. The SMILES string of the molecule is Cc1cc(=O)oc2cc(OC(=O)c3ccccc3C(F)(F)F)ccc12. The first-order chi connectivity index (χ1) is 11.8. The molecule has 0 unspecified atom stereocenters. The molecular weight excluding hydrogens is 337 g/mol. The molecule has 25 heavy (non-hydrogen) atoms. The lowest BCUT2D eigenvalue weighted by atomic mass is 10.1. The predicted octanol–water partition coefficient (Wildman–Crippen LogP) is 4.34. The van der Waals surface area contributed by atoms with E-state index in [4.69, 9.17) is 9.15 Å². The third-order valence-electron chi connectivity index (χ3n) is 3.59. The van der Waals surface area contributed by atoms with Gasteiger partial charge in [0.05, 0.1) is 11.1 Å². The van der Waals surface area contributed by atoms with Crippen LogP contribution in [0.3, 0.4) is 0 Å². The average molecular weight is 348 g/mol. The normalized spacial score (nSPS) is 11.5. The molecule has 1 aromatic heterocycles. The maximum atomic E-state index is 13.0. The standard InChI is InChI=1S/C18H11F3O4/c1-10-8-16(22)25-15-9-11(6-7-12(10)15)24-17(23)13-4-2-3-5-14(13)18(19,20)21/h2-9H,1H3. The molecule has 0 N–H and O–H groups in total. The fourth-order valence-electron chi connectivity index (χ4n) is 2.44. The summed E-state index contributed by atoms with van der Waals surface area (Å²) in [5, 5.41) is 0.634. The van der Waals surface area contributed by atoms with Crippen molar-refractivity contribution in [2.75, 3.05) is 0 Å². The minimum Gasteiger partial charge on any atom is -0.423 e. The van der Waals surface area contributed by atoms with Crippen molar-refractivity contribution < 1.29 is 27.1 Å². The van der Waals surface area contributed by atoms with Gasteiger partial charge in [0.2, 0.25) is 0 Å². The first kappa shape index (κ1) is 16.8. The highest BCUT2D eigenvalue weighted by Crippen LogP contribution is 2.32. The van der Waals surface area contributed by atoms with E-state index in [1.54, 1.807) is 13.0 Å². The van der Waals surface area contributed by atoms with Gasteiger partial charge < -0.3 is 9.15 Å². The highest BCUT2D eigenvalue weighted by Gasteiger charge is 2.35. The third kappa shape index (κ3) is 3.40. The molecule has 7 heteroatoms. The molecule has 0 aliphatic rings. The lowest BCUT2D eigenvalue weighted by Gasteiger charge is -2.12. The number of carbonyl (C=O) groups excluding carboxylic acids is 1. The number of carbonyl (C=O) groups is 1. The number of halogens is 3. The maximum Gasteiger partial charge on any atom is 0.417 e. The van der Waals surface area contributed by atoms with Crippen LogP contribution in [0.2, 0.25) is 0 Å². The summed E-state index contributed by atoms with van der Waals surface area (Å²) in [6, 6.07) is 9.93. The number of esters is 1. The number of aryl methyl sites for hydroxylation is 1. The van der Waals surface area contributed by atoms with Gasteiger partial charge in [-0.15, -0.1) is 0 Å². The second-order valence-electron chi connectivity index (χ2n) is 5.34. The van der Waals surface area contributed by atoms with Crippen molar-refractivity contribution in [3.63, 3.8) is 0 Å². The second-order valence-corrected chi connectivity index (χ2v) is 5.34. The Hall–Kier alpha value is -3.09. The molecular formula is C18H11F3O4. The highest BCUT2D eigenvalue weighted by molar-refractivity contribution is 5.93. The van der Waals surface area contributed by atoms with Gasteiger partial charge in [-0.2, -0.15) is 13.2 Å². The van der Waals surface area contributed by atoms with Gasteiger partial charge in [0, 0.05) is 17.5 Å². The van der Waals surface area contributed by atoms with Crippen molar-refractivity contribution in [3.05, 3.63) is 75.6 Å². The fraction of sp³-hybridized carbons (Fsp3) is 0.111. The number of fused-ring (bicyclic) bond motifs is 1. The van der Waals surface area contributed by atoms with Gasteiger partial charge in [-0.1, -0.05) is 12.1 Å². The molecule has 0 fully saturated rings. The largest absolute Gasteiger partial charge is 0.423 e. The van der Waals surface area contributed by atoms with Crippen LogP contribution in [0.5, 0.6) is 5.75 Å². The summed E-state index contributed by atoms with van der Waals surface area (Å²) < 4.78 is 49.0. The molecule has 0 amide bonds. The van der Waals surface area contributed by atoms with Crippen LogP contribution in [0.1, 0.15) is 21.5 Å². The summed E-state index contributed by atoms with van der Waals surface area (Å²) in [7, 11) is 0. The molecule has 2 aromatic carbocycles. The molecule has 4 nitrogen and oxygen atoms in total. The van der Waals surface area contributed by atoms with E-state index in [9.17, 15) is 22.8 Å². The molecule has 0 saturated heterocycles. The molecule has 0 saturated carbocycles. The van der Waals surface area contributed by atoms with Gasteiger partial charge in [0.1, 0.15) is 11.3 Å². The molecule has 0 aliphatic carbocycles. The second kappa shape index (κ2) is 6.08. The quantitative estimate of drug-likeness (QED) is 0.393. The van der Waals surface area contributed by atoms with Gasteiger partial charge in [-0.3, -0.25) is 0 Å². The summed E-state index contributed by atoms with van der Waals surface area (Å²) in [5.41, 5.74) is -1.40. The van der Waals surface area contributed by atoms with E-state index >= 15 is 0 Å². The zero-order chi connectivity index (χ0) is 18.2. The van der Waals surface area contributed by atoms with Gasteiger partial charge in [0.25, 0.3) is 0 Å². The number of benzene rings is 2. The number of hydrogen-bond acceptors (Lipinski definition) is 4. The number of ether oxygens (including phenoxy) is 1. The van der Waals surface area contributed by atoms with Crippen LogP contribution in [-0.2, 0) is 6.18 Å². The van der Waals surface area contributed by atoms with Crippen LogP contribution in [0.25, 0.3) is 11.0 Å². The number of rotatable bonds is 2. The predicted molar refractivity (Wildman–Crippen MR) is 83.6 cm³/mol. The topological polar surface area (TPSA) is 56.5 Å². The van der Waals surface area contributed by atoms with E-state index in [1.807, 2.05) is 0 Å². The Morgan fingerprint density at radius 2 is 1.80 bits per heavy atom. The lowest BCUT2D eigenvalue weighted by Crippen LogP contribution is -2.16. The molecule has 3 rings (SSSR count). The van der Waals surface area contributed by atoms with Crippen LogP contribution >= 0.6 is 0 Å². The van der Waals surface area contributed by atoms with Crippen LogP contribution in [0.4, 0.5) is 13.2 Å². The molecule has 3 aromatic rings. The van der Waals surface area contributed by atoms with Crippen molar-refractivity contribution in [1.82, 2.24) is 0 Å². The summed E-state index contributed by atoms with van der Waals surface area (Å²) >= 11 is 0. The van der Waals surface area contributed by atoms with Crippen LogP contribution in [-0.4, -0.2) is 5.97 Å². The summed E-state index contributed by atoms with van der Waals surface area (Å²) in [6.07, 6.45) is -4.68. The Morgan fingerprint density at radius 1 is 1.08 bits per heavy atom. The first-order valence-corrected chi connectivity index (χ1v) is 7.18. The van der Waals surface area contributed by atoms with Crippen molar-refractivity contribution in [3.8, 4) is 5.75 Å². The van der Waals surface area contributed by atoms with Gasteiger partial charge in [-0.25, -0.2) is 9.59 Å². The Kier molecular flexibility index (Phi) is 4.08. The maximum absolute atomic E-state index is 13.0. The molecule has 0 spiro atoms. The molecule has 1 heterocycles. The zero-order valence-electron chi connectivity index (χ0n) is 12.9. The van der Waals surface area contributed by atoms with Crippen molar-refractivity contribution in [2.24, 2.45) is 0 Å². The Bertz CT molecular complexity index is 1020. The minimum atomic E-state index is -4.68. The number of hydrogen-bond donors (Lipinski definition) is 0. The van der Waals surface area contributed by atoms with Crippen molar-refractivity contribution in [1.29, 1.82) is 0 Å². The monoisotopic (exact) mass is 348 g/mol. The molecule has 128 valence electrons. The van der Waals surface area contributed by atoms with Gasteiger partial charge in [-0.05, 0) is 36.8 Å². The van der Waals surface area contributed by atoms with Gasteiger partial charge >= 0.3 is 17.8 Å². The van der Waals surface area contributed by atoms with E-state index in [1.165, 1.54) is 30.3 Å². The van der Waals surface area contributed by atoms with E-state index in [-0.39, 0.29) is 11.3 Å². The van der Waals surface area contributed by atoms with Crippen molar-refractivity contribution in [2.45, 2.75) is 13.1 Å². The summed E-state index contributed by atoms with van der Waals surface area (Å²) in [6.45, 7) is 1.71. The summed E-state index contributed by atoms with van der Waals surface area (Å²) in [5.74, 6) is -1.18. The van der Waals surface area contributed by atoms with Crippen LogP contribution < -0.4 is 10.4 Å². The Labute approximate surface area is 139 Å². The van der Waals surface area contributed by atoms with Gasteiger partial charge in [0.15, 0.2) is 0 Å². The zero-order valence-corrected chi connectivity index (χ0v) is 12.9. The Balaban J connectivity index is 1.97. The number of alkyl halides is 3. The smallest absolute Gasteiger partial charge is 0.417 e. The van der Waals surface area contributed by atoms with Crippen LogP contribution in [0.15, 0.2) is 57.7 Å². The fourth-order valence-corrected chi connectivity index (χ4v) is 2.44. The van der Waals surface area contributed by atoms with E-state index in [2.05, 4.69) is 0 Å². The summed E-state index contributed by atoms with van der Waals surface area (Å²) in [4.78, 5) is 23.6. The van der Waals surface area contributed by atoms with Crippen LogP contribution in [0, 0.1) is 6.92 Å². The molecule has 0 aliphatic heterocycles. The molecule has 0 bridgehead atoms. The molecule has 0 atom stereocenters. The third-order valence-corrected chi connectivity index (χ3v) is 3.59. The molecule has 0 radical (unpaired) electrons. The van der Waals surface area contributed by atoms with E-state index in [0.717, 1.165) is 12.1 Å². The highest BCUT2D eigenvalue weighted by atomic mass is 19.4. The average Bonchev–Trinajstić information content (AvgIpc) is 2.53. The first-order valence-electron chi connectivity index (χ1n) is 7.18. The van der Waals surface area contributed by atoms with Crippen molar-refractivity contribution >= 4 is 16.9 Å². The van der Waals surface area contributed by atoms with E-state index < -0.39 is 28.9 Å².